The van der Waals surface area contributed by atoms with Gasteiger partial charge in [0, 0.05) is 55.5 Å². The molecule has 0 N–H and O–H groups in total. The molecule has 0 amide bonds. The number of pyridine rings is 1. The van der Waals surface area contributed by atoms with Crippen molar-refractivity contribution in [2.45, 2.75) is 50.7 Å². The Morgan fingerprint density at radius 2 is 1.76 bits per heavy atom. The van der Waals surface area contributed by atoms with Crippen molar-refractivity contribution in [1.29, 1.82) is 0 Å². The molecule has 0 unspecified atom stereocenters. The van der Waals surface area contributed by atoms with E-state index >= 15 is 0 Å². The van der Waals surface area contributed by atoms with Crippen LogP contribution >= 0.6 is 11.6 Å². The molecular formula is C24H33ClN4. The highest BCUT2D eigenvalue weighted by Crippen LogP contribution is 2.28. The first-order chi connectivity index (χ1) is 14.1. The fourth-order valence-corrected chi connectivity index (χ4v) is 5.17. The van der Waals surface area contributed by atoms with Crippen molar-refractivity contribution in [1.82, 2.24) is 14.8 Å². The maximum atomic E-state index is 6.10. The summed E-state index contributed by atoms with van der Waals surface area (Å²) in [6, 6.07) is 16.5. The van der Waals surface area contributed by atoms with E-state index in [-0.39, 0.29) is 0 Å². The maximum Gasteiger partial charge on any atom is 0.128 e. The summed E-state index contributed by atoms with van der Waals surface area (Å²) in [6.45, 7) is 6.83. The first-order valence-corrected chi connectivity index (χ1v) is 11.4. The molecule has 1 aromatic carbocycles. The first-order valence-electron chi connectivity index (χ1n) is 11.0. The van der Waals surface area contributed by atoms with Gasteiger partial charge in [0.25, 0.3) is 0 Å². The Kier molecular flexibility index (Phi) is 6.74. The molecule has 4 nitrogen and oxygen atoms in total. The van der Waals surface area contributed by atoms with Gasteiger partial charge in [-0.1, -0.05) is 36.7 Å². The molecule has 4 rings (SSSR count). The molecule has 2 aliphatic heterocycles. The summed E-state index contributed by atoms with van der Waals surface area (Å²) in [4.78, 5) is 12.4. The molecule has 0 aliphatic carbocycles. The number of hydrogen-bond donors (Lipinski definition) is 0. The van der Waals surface area contributed by atoms with E-state index in [9.17, 15) is 0 Å². The van der Waals surface area contributed by atoms with Gasteiger partial charge in [0.1, 0.15) is 5.82 Å². The predicted molar refractivity (Wildman–Crippen MR) is 122 cm³/mol. The van der Waals surface area contributed by atoms with Crippen molar-refractivity contribution in [2.24, 2.45) is 0 Å². The fraction of sp³-hybridized carbons (Fsp3) is 0.542. The van der Waals surface area contributed by atoms with Crippen molar-refractivity contribution >= 4 is 17.4 Å². The highest BCUT2D eigenvalue weighted by atomic mass is 35.5. The average molecular weight is 413 g/mol. The van der Waals surface area contributed by atoms with Gasteiger partial charge < -0.3 is 9.80 Å². The van der Waals surface area contributed by atoms with Crippen molar-refractivity contribution in [2.75, 3.05) is 38.1 Å². The number of piperazine rings is 1. The van der Waals surface area contributed by atoms with Gasteiger partial charge in [0.2, 0.25) is 0 Å². The summed E-state index contributed by atoms with van der Waals surface area (Å²) < 4.78 is 0. The number of rotatable bonds is 5. The Morgan fingerprint density at radius 1 is 1.00 bits per heavy atom. The summed E-state index contributed by atoms with van der Waals surface area (Å²) in [5.41, 5.74) is 1.39. The van der Waals surface area contributed by atoms with Crippen LogP contribution in [0.15, 0.2) is 48.7 Å². The van der Waals surface area contributed by atoms with E-state index < -0.39 is 0 Å². The van der Waals surface area contributed by atoms with Crippen LogP contribution in [0.25, 0.3) is 0 Å². The largest absolute Gasteiger partial charge is 0.357 e. The second-order valence-electron chi connectivity index (χ2n) is 8.59. The van der Waals surface area contributed by atoms with Gasteiger partial charge in [0.05, 0.1) is 0 Å². The summed E-state index contributed by atoms with van der Waals surface area (Å²) in [5.74, 6) is 1.12. The number of benzene rings is 1. The highest BCUT2D eigenvalue weighted by Gasteiger charge is 2.36. The third-order valence-corrected chi connectivity index (χ3v) is 7.03. The predicted octanol–water partition coefficient (Wildman–Crippen LogP) is 4.34. The van der Waals surface area contributed by atoms with Gasteiger partial charge >= 0.3 is 0 Å². The molecule has 2 aromatic rings. The maximum absolute atomic E-state index is 6.10. The van der Waals surface area contributed by atoms with E-state index in [0.29, 0.717) is 18.1 Å². The first kappa shape index (κ1) is 20.6. The highest BCUT2D eigenvalue weighted by molar-refractivity contribution is 6.30. The minimum absolute atomic E-state index is 0.565. The van der Waals surface area contributed by atoms with Gasteiger partial charge in [0.15, 0.2) is 0 Å². The number of nitrogens with zero attached hydrogens (tertiary/aromatic N) is 4. The smallest absolute Gasteiger partial charge is 0.128 e. The van der Waals surface area contributed by atoms with Crippen molar-refractivity contribution < 1.29 is 0 Å². The molecule has 0 radical (unpaired) electrons. The van der Waals surface area contributed by atoms with E-state index in [4.69, 9.17) is 11.6 Å². The van der Waals surface area contributed by atoms with E-state index in [2.05, 4.69) is 57.9 Å². The molecule has 0 spiro atoms. The fourth-order valence-electron chi connectivity index (χ4n) is 5.05. The average Bonchev–Trinajstić information content (AvgIpc) is 2.76. The van der Waals surface area contributed by atoms with Crippen LogP contribution in [0.4, 0.5) is 5.82 Å². The molecule has 156 valence electrons. The molecule has 1 aromatic heterocycles. The SMILES string of the molecule is CC[C@H]1CN(C2CCN(c3ccccn3)CC2)[C@@H](Cc2ccc(Cl)cc2)CN1C. The molecule has 2 fully saturated rings. The molecule has 0 bridgehead atoms. The Morgan fingerprint density at radius 3 is 2.41 bits per heavy atom. The Bertz CT molecular complexity index is 758. The third-order valence-electron chi connectivity index (χ3n) is 6.78. The van der Waals surface area contributed by atoms with Crippen LogP contribution < -0.4 is 4.90 Å². The van der Waals surface area contributed by atoms with Crippen LogP contribution in [0, 0.1) is 0 Å². The third kappa shape index (κ3) is 4.93. The zero-order chi connectivity index (χ0) is 20.2. The molecule has 2 atom stereocenters. The minimum atomic E-state index is 0.565. The molecule has 3 heterocycles. The van der Waals surface area contributed by atoms with E-state index in [1.807, 2.05) is 24.4 Å². The normalized spacial score (nSPS) is 24.7. The molecule has 29 heavy (non-hydrogen) atoms. The van der Waals surface area contributed by atoms with Gasteiger partial charge in [-0.3, -0.25) is 4.90 Å². The van der Waals surface area contributed by atoms with Gasteiger partial charge in [-0.15, -0.1) is 0 Å². The van der Waals surface area contributed by atoms with Crippen LogP contribution in [0.5, 0.6) is 0 Å². The Hall–Kier alpha value is -1.62. The van der Waals surface area contributed by atoms with E-state index in [0.717, 1.165) is 36.9 Å². The lowest BCUT2D eigenvalue weighted by molar-refractivity contribution is 0.00616. The number of halogens is 1. The van der Waals surface area contributed by atoms with Crippen molar-refractivity contribution in [3.05, 3.63) is 59.2 Å². The topological polar surface area (TPSA) is 22.6 Å². The monoisotopic (exact) mass is 412 g/mol. The molecule has 5 heteroatoms. The van der Waals surface area contributed by atoms with Crippen LogP contribution in [-0.2, 0) is 6.42 Å². The van der Waals surface area contributed by atoms with Crippen LogP contribution in [0.1, 0.15) is 31.7 Å². The summed E-state index contributed by atoms with van der Waals surface area (Å²) >= 11 is 6.10. The zero-order valence-electron chi connectivity index (χ0n) is 17.7. The number of hydrogen-bond acceptors (Lipinski definition) is 4. The quantitative estimate of drug-likeness (QED) is 0.728. The van der Waals surface area contributed by atoms with Crippen LogP contribution in [0.3, 0.4) is 0 Å². The molecule has 2 saturated heterocycles. The second kappa shape index (κ2) is 9.46. The number of anilines is 1. The van der Waals surface area contributed by atoms with Crippen LogP contribution in [0.2, 0.25) is 5.02 Å². The van der Waals surface area contributed by atoms with Gasteiger partial charge in [-0.25, -0.2) is 4.98 Å². The lowest BCUT2D eigenvalue weighted by atomic mass is 9.93. The van der Waals surface area contributed by atoms with E-state index in [1.54, 1.807) is 0 Å². The Balaban J connectivity index is 1.45. The van der Waals surface area contributed by atoms with E-state index in [1.165, 1.54) is 31.4 Å². The number of likely N-dealkylation sites (N-methyl/N-ethyl adjacent to an activating group) is 1. The summed E-state index contributed by atoms with van der Waals surface area (Å²) in [7, 11) is 2.30. The second-order valence-corrected chi connectivity index (χ2v) is 9.03. The lowest BCUT2D eigenvalue weighted by Crippen LogP contribution is -2.61. The summed E-state index contributed by atoms with van der Waals surface area (Å²) in [5, 5.41) is 0.819. The minimum Gasteiger partial charge on any atom is -0.357 e. The molecular weight excluding hydrogens is 380 g/mol. The number of aromatic nitrogens is 1. The van der Waals surface area contributed by atoms with Gasteiger partial charge in [-0.2, -0.15) is 0 Å². The standard InChI is InChI=1S/C24H33ClN4/c1-3-21-18-29(22-11-14-28(15-12-22)24-6-4-5-13-26-24)23(17-27(21)2)16-19-7-9-20(25)10-8-19/h4-10,13,21-23H,3,11-12,14-18H2,1-2H3/t21-,23-/m0/s1. The van der Waals surface area contributed by atoms with Crippen molar-refractivity contribution in [3.63, 3.8) is 0 Å². The number of piperidine rings is 1. The molecule has 0 saturated carbocycles. The van der Waals surface area contributed by atoms with Crippen LogP contribution in [-0.4, -0.2) is 66.1 Å². The van der Waals surface area contributed by atoms with Crippen molar-refractivity contribution in [3.8, 4) is 0 Å². The lowest BCUT2D eigenvalue weighted by Gasteiger charge is -2.50. The van der Waals surface area contributed by atoms with Gasteiger partial charge in [-0.05, 0) is 62.6 Å². The summed E-state index contributed by atoms with van der Waals surface area (Å²) in [6.07, 6.45) is 6.64. The zero-order valence-corrected chi connectivity index (χ0v) is 18.4. The molecule has 2 aliphatic rings. The Labute approximate surface area is 180 Å².